The van der Waals surface area contributed by atoms with Gasteiger partial charge in [-0.1, -0.05) is 16.8 Å². The van der Waals surface area contributed by atoms with Crippen LogP contribution in [0.4, 0.5) is 0 Å². The van der Waals surface area contributed by atoms with Crippen molar-refractivity contribution in [3.63, 3.8) is 0 Å². The molecule has 0 saturated carbocycles. The predicted octanol–water partition coefficient (Wildman–Crippen LogP) is 2.65. The second-order valence-electron chi connectivity index (χ2n) is 7.60. The smallest absolute Gasteiger partial charge is 0.248 e. The summed E-state index contributed by atoms with van der Waals surface area (Å²) in [7, 11) is -3.72. The summed E-state index contributed by atoms with van der Waals surface area (Å²) >= 11 is 6.30. The van der Waals surface area contributed by atoms with Crippen molar-refractivity contribution >= 4 is 33.6 Å². The summed E-state index contributed by atoms with van der Waals surface area (Å²) < 4.78 is 43.5. The molecule has 1 amide bonds. The van der Waals surface area contributed by atoms with Gasteiger partial charge in [0.15, 0.2) is 17.3 Å². The van der Waals surface area contributed by atoms with E-state index in [1.165, 1.54) is 10.4 Å². The molecule has 2 aliphatic rings. The van der Waals surface area contributed by atoms with Gasteiger partial charge in [0.25, 0.3) is 0 Å². The minimum absolute atomic E-state index is 0.100. The molecule has 1 saturated heterocycles. The summed E-state index contributed by atoms with van der Waals surface area (Å²) in [4.78, 5) is 14.4. The minimum Gasteiger partial charge on any atom is -0.489 e. The molecule has 0 unspecified atom stereocenters. The normalized spacial score (nSPS) is 17.5. The van der Waals surface area contributed by atoms with E-state index in [0.717, 1.165) is 6.42 Å². The van der Waals surface area contributed by atoms with Gasteiger partial charge in [-0.2, -0.15) is 4.31 Å². The van der Waals surface area contributed by atoms with Crippen LogP contribution < -0.4 is 9.47 Å². The molecule has 0 spiro atoms. The van der Waals surface area contributed by atoms with Crippen LogP contribution in [0.25, 0.3) is 6.08 Å². The Hall–Kier alpha value is -2.56. The lowest BCUT2D eigenvalue weighted by atomic mass is 10.1. The van der Waals surface area contributed by atoms with Crippen LogP contribution in [0.5, 0.6) is 11.5 Å². The minimum atomic E-state index is -3.72. The fourth-order valence-electron chi connectivity index (χ4n) is 3.74. The Labute approximate surface area is 191 Å². The zero-order valence-electron chi connectivity index (χ0n) is 17.8. The fourth-order valence-corrected chi connectivity index (χ4v) is 5.73. The van der Waals surface area contributed by atoms with Crippen molar-refractivity contribution in [3.05, 3.63) is 40.2 Å². The third-order valence-electron chi connectivity index (χ3n) is 5.36. The number of ether oxygens (including phenoxy) is 2. The van der Waals surface area contributed by atoms with Crippen molar-refractivity contribution in [1.29, 1.82) is 0 Å². The highest BCUT2D eigenvalue weighted by atomic mass is 35.5. The molecule has 32 heavy (non-hydrogen) atoms. The van der Waals surface area contributed by atoms with Crippen LogP contribution in [0.15, 0.2) is 27.6 Å². The summed E-state index contributed by atoms with van der Waals surface area (Å²) in [6.07, 6.45) is 3.89. The van der Waals surface area contributed by atoms with Gasteiger partial charge in [-0.3, -0.25) is 4.79 Å². The standard InChI is InChI=1S/C21H24ClN3O6S/c1-14-21(15(2)31-23-14)32(27,28)25-8-6-24(7-9-25)19(26)5-4-16-12-17(22)20-18(13-16)29-10-3-11-30-20/h4-5,12-13H,3,6-11H2,1-2H3/b5-4+. The molecule has 0 bridgehead atoms. The molecular weight excluding hydrogens is 458 g/mol. The van der Waals surface area contributed by atoms with E-state index in [0.29, 0.717) is 41.0 Å². The number of benzene rings is 1. The van der Waals surface area contributed by atoms with Gasteiger partial charge in [-0.25, -0.2) is 8.42 Å². The van der Waals surface area contributed by atoms with Crippen LogP contribution in [0.2, 0.25) is 5.02 Å². The topological polar surface area (TPSA) is 102 Å². The van der Waals surface area contributed by atoms with E-state index in [1.807, 2.05) is 0 Å². The van der Waals surface area contributed by atoms with E-state index in [-0.39, 0.29) is 42.7 Å². The predicted molar refractivity (Wildman–Crippen MR) is 117 cm³/mol. The quantitative estimate of drug-likeness (QED) is 0.618. The van der Waals surface area contributed by atoms with Gasteiger partial charge in [0.1, 0.15) is 10.6 Å². The first-order chi connectivity index (χ1) is 15.3. The Morgan fingerprint density at radius 1 is 1.12 bits per heavy atom. The van der Waals surface area contributed by atoms with Crippen molar-refractivity contribution in [2.75, 3.05) is 39.4 Å². The lowest BCUT2D eigenvalue weighted by Gasteiger charge is -2.33. The van der Waals surface area contributed by atoms with Crippen molar-refractivity contribution in [2.45, 2.75) is 25.2 Å². The Kier molecular flexibility index (Phi) is 6.45. The average Bonchev–Trinajstić information content (AvgIpc) is 2.96. The van der Waals surface area contributed by atoms with Crippen molar-refractivity contribution in [1.82, 2.24) is 14.4 Å². The molecule has 0 radical (unpaired) electrons. The summed E-state index contributed by atoms with van der Waals surface area (Å²) in [5.74, 6) is 1.13. The molecule has 0 N–H and O–H groups in total. The van der Waals surface area contributed by atoms with E-state index in [2.05, 4.69) is 5.16 Å². The monoisotopic (exact) mass is 481 g/mol. The molecule has 2 aliphatic heterocycles. The molecule has 11 heteroatoms. The van der Waals surface area contributed by atoms with Gasteiger partial charge < -0.3 is 18.9 Å². The third kappa shape index (κ3) is 4.48. The highest BCUT2D eigenvalue weighted by Gasteiger charge is 2.33. The van der Waals surface area contributed by atoms with Crippen LogP contribution in [0, 0.1) is 13.8 Å². The molecule has 172 valence electrons. The molecule has 1 aromatic carbocycles. The van der Waals surface area contributed by atoms with Crippen molar-refractivity contribution in [2.24, 2.45) is 0 Å². The maximum atomic E-state index is 12.9. The molecule has 1 aromatic heterocycles. The number of carbonyl (C=O) groups is 1. The number of aromatic nitrogens is 1. The van der Waals surface area contributed by atoms with Crippen LogP contribution in [-0.2, 0) is 14.8 Å². The number of nitrogens with zero attached hydrogens (tertiary/aromatic N) is 3. The number of carbonyl (C=O) groups excluding carboxylic acids is 1. The van der Waals surface area contributed by atoms with E-state index in [4.69, 9.17) is 25.6 Å². The number of rotatable bonds is 4. The Balaban J connectivity index is 1.40. The van der Waals surface area contributed by atoms with Crippen LogP contribution in [0.1, 0.15) is 23.4 Å². The number of sulfonamides is 1. The molecule has 2 aromatic rings. The molecule has 9 nitrogen and oxygen atoms in total. The molecule has 4 rings (SSSR count). The molecule has 1 fully saturated rings. The SMILES string of the molecule is Cc1noc(C)c1S(=O)(=O)N1CCN(C(=O)/C=C/c2cc(Cl)c3c(c2)OCCCO3)CC1. The van der Waals surface area contributed by atoms with Crippen molar-refractivity contribution < 1.29 is 27.2 Å². The highest BCUT2D eigenvalue weighted by molar-refractivity contribution is 7.89. The molecule has 3 heterocycles. The number of piperazine rings is 1. The third-order valence-corrected chi connectivity index (χ3v) is 7.78. The van der Waals surface area contributed by atoms with Gasteiger partial charge in [-0.05, 0) is 37.6 Å². The number of aryl methyl sites for hydroxylation is 2. The summed E-state index contributed by atoms with van der Waals surface area (Å²) in [5, 5.41) is 4.16. The summed E-state index contributed by atoms with van der Waals surface area (Å²) in [6.45, 7) is 5.21. The maximum absolute atomic E-state index is 12.9. The molecular formula is C21H24ClN3O6S. The lowest BCUT2D eigenvalue weighted by molar-refractivity contribution is -0.127. The second-order valence-corrected chi connectivity index (χ2v) is 9.88. The van der Waals surface area contributed by atoms with Crippen LogP contribution in [-0.4, -0.2) is 68.1 Å². The molecule has 0 aliphatic carbocycles. The van der Waals surface area contributed by atoms with Gasteiger partial charge in [0, 0.05) is 38.7 Å². The van der Waals surface area contributed by atoms with E-state index >= 15 is 0 Å². The van der Waals surface area contributed by atoms with Gasteiger partial charge in [0.05, 0.1) is 18.2 Å². The van der Waals surface area contributed by atoms with E-state index in [9.17, 15) is 13.2 Å². The first-order valence-electron chi connectivity index (χ1n) is 10.3. The number of fused-ring (bicyclic) bond motifs is 1. The Morgan fingerprint density at radius 3 is 2.53 bits per heavy atom. The number of hydrogen-bond donors (Lipinski definition) is 0. The Bertz CT molecular complexity index is 1130. The van der Waals surface area contributed by atoms with Gasteiger partial charge in [0.2, 0.25) is 15.9 Å². The fraction of sp³-hybridized carbons (Fsp3) is 0.429. The molecule has 0 atom stereocenters. The van der Waals surface area contributed by atoms with Crippen LogP contribution >= 0.6 is 11.6 Å². The number of amides is 1. The largest absolute Gasteiger partial charge is 0.489 e. The van der Waals surface area contributed by atoms with Crippen molar-refractivity contribution in [3.8, 4) is 11.5 Å². The zero-order valence-corrected chi connectivity index (χ0v) is 19.4. The maximum Gasteiger partial charge on any atom is 0.248 e. The number of halogens is 1. The zero-order chi connectivity index (χ0) is 22.9. The Morgan fingerprint density at radius 2 is 1.84 bits per heavy atom. The summed E-state index contributed by atoms with van der Waals surface area (Å²) in [5.41, 5.74) is 1.05. The summed E-state index contributed by atoms with van der Waals surface area (Å²) in [6, 6.07) is 3.50. The first kappa shape index (κ1) is 22.6. The van der Waals surface area contributed by atoms with E-state index < -0.39 is 10.0 Å². The van der Waals surface area contributed by atoms with Crippen LogP contribution in [0.3, 0.4) is 0 Å². The highest BCUT2D eigenvalue weighted by Crippen LogP contribution is 2.38. The first-order valence-corrected chi connectivity index (χ1v) is 12.1. The van der Waals surface area contributed by atoms with Gasteiger partial charge in [-0.15, -0.1) is 0 Å². The number of hydrogen-bond acceptors (Lipinski definition) is 7. The van der Waals surface area contributed by atoms with Gasteiger partial charge >= 0.3 is 0 Å². The van der Waals surface area contributed by atoms with E-state index in [1.54, 1.807) is 37.0 Å². The average molecular weight is 482 g/mol. The lowest BCUT2D eigenvalue weighted by Crippen LogP contribution is -2.50. The second kappa shape index (κ2) is 9.13.